The Labute approximate surface area is 571 Å². The van der Waals surface area contributed by atoms with Crippen molar-refractivity contribution in [2.45, 2.75) is 164 Å². The average Bonchev–Trinajstić information content (AvgIpc) is 0.777. The fraction of sp³-hybridized carbons (Fsp3) is 0.456. The number of halogens is 2. The highest BCUT2D eigenvalue weighted by Crippen LogP contribution is 2.50. The normalized spacial score (nSPS) is 29.5. The van der Waals surface area contributed by atoms with Crippen LogP contribution in [0.1, 0.15) is 118 Å². The summed E-state index contributed by atoms with van der Waals surface area (Å²) >= 11 is 14.2. The van der Waals surface area contributed by atoms with Gasteiger partial charge in [-0.2, -0.15) is 0 Å². The molecule has 98 heavy (non-hydrogen) atoms. The summed E-state index contributed by atoms with van der Waals surface area (Å²) in [7, 11) is 1.52. The fourth-order valence-electron chi connectivity index (χ4n) is 13.1. The van der Waals surface area contributed by atoms with E-state index in [9.17, 15) is 70.5 Å². The van der Waals surface area contributed by atoms with Crippen molar-refractivity contribution in [1.82, 2.24) is 21.3 Å². The number of ketones is 2. The molecular formula is C68H79Cl2N7O21. The minimum Gasteiger partial charge on any atom is -0.508 e. The highest BCUT2D eigenvalue weighted by atomic mass is 35.5. The van der Waals surface area contributed by atoms with E-state index in [0.717, 1.165) is 6.07 Å². The van der Waals surface area contributed by atoms with Gasteiger partial charge in [0.05, 0.1) is 58.9 Å². The number of amides is 4. The van der Waals surface area contributed by atoms with E-state index < -0.39 is 217 Å². The van der Waals surface area contributed by atoms with Gasteiger partial charge in [0.2, 0.25) is 35.7 Å². The lowest BCUT2D eigenvalue weighted by Gasteiger charge is -2.47. The molecule has 5 aromatic rings. The number of aliphatic hydroxyl groups excluding tert-OH is 6. The van der Waals surface area contributed by atoms with Crippen LogP contribution in [0.15, 0.2) is 78.9 Å². The number of aliphatic hydroxyl groups is 6. The van der Waals surface area contributed by atoms with Gasteiger partial charge >= 0.3 is 0 Å². The molecule has 526 valence electrons. The second-order valence-electron chi connectivity index (χ2n) is 26.2. The van der Waals surface area contributed by atoms with Gasteiger partial charge in [0, 0.05) is 73.0 Å². The molecule has 4 unspecified atom stereocenters. The summed E-state index contributed by atoms with van der Waals surface area (Å²) in [6, 6.07) is 11.6. The molecular weight excluding hydrogens is 1320 g/mol. The Morgan fingerprint density at radius 1 is 0.786 bits per heavy atom. The molecule has 28 nitrogen and oxygen atoms in total. The lowest BCUT2D eigenvalue weighted by atomic mass is 9.79. The van der Waals surface area contributed by atoms with Crippen LogP contribution in [0.5, 0.6) is 46.0 Å². The summed E-state index contributed by atoms with van der Waals surface area (Å²) in [6.45, 7) is 5.45. The van der Waals surface area contributed by atoms with Gasteiger partial charge in [-0.15, -0.1) is 0 Å². The lowest BCUT2D eigenvalue weighted by molar-refractivity contribution is -0.333. The molecule has 30 heteroatoms. The van der Waals surface area contributed by atoms with E-state index in [1.54, 1.807) is 6.92 Å². The van der Waals surface area contributed by atoms with E-state index in [-0.39, 0.29) is 79.2 Å². The molecule has 2 fully saturated rings. The van der Waals surface area contributed by atoms with E-state index in [4.69, 9.17) is 63.1 Å². The Morgan fingerprint density at radius 3 is 2.03 bits per heavy atom. The van der Waals surface area contributed by atoms with Crippen LogP contribution in [-0.2, 0) is 49.5 Å². The van der Waals surface area contributed by atoms with Gasteiger partial charge in [0.1, 0.15) is 65.0 Å². The number of nitrogens with two attached hydrogens (primary N) is 2. The van der Waals surface area contributed by atoms with Gasteiger partial charge in [-0.25, -0.2) is 0 Å². The summed E-state index contributed by atoms with van der Waals surface area (Å²) in [5.41, 5.74) is 10.1. The van der Waals surface area contributed by atoms with Crippen molar-refractivity contribution in [3.8, 4) is 57.1 Å². The summed E-state index contributed by atoms with van der Waals surface area (Å²) < 4.78 is 38.7. The Kier molecular flexibility index (Phi) is 22.1. The zero-order valence-electron chi connectivity index (χ0n) is 53.8. The number of nitrogens with one attached hydrogen (secondary N) is 5. The monoisotopic (exact) mass is 1400 g/mol. The van der Waals surface area contributed by atoms with Crippen molar-refractivity contribution >= 4 is 64.1 Å². The van der Waals surface area contributed by atoms with Crippen molar-refractivity contribution in [3.63, 3.8) is 0 Å². The predicted molar refractivity (Wildman–Crippen MR) is 349 cm³/mol. The summed E-state index contributed by atoms with van der Waals surface area (Å²) in [6.07, 6.45) is -19.5. The number of likely N-dealkylation sites (N-methyl/N-ethyl adjacent to an activating group) is 1. The number of phenols is 3. The van der Waals surface area contributed by atoms with Gasteiger partial charge in [-0.05, 0) is 116 Å². The summed E-state index contributed by atoms with van der Waals surface area (Å²) in [4.78, 5) is 87.9. The largest absolute Gasteiger partial charge is 0.508 e. The average molecular weight is 1400 g/mol. The van der Waals surface area contributed by atoms with Crippen LogP contribution in [0.25, 0.3) is 11.1 Å². The molecule has 7 aliphatic rings. The van der Waals surface area contributed by atoms with Crippen molar-refractivity contribution in [1.29, 1.82) is 5.41 Å². The molecule has 0 aromatic heterocycles. The van der Waals surface area contributed by atoms with Crippen LogP contribution < -0.4 is 46.9 Å². The number of hydrogen-bond acceptors (Lipinski definition) is 24. The maximum atomic E-state index is 15.5. The highest BCUT2D eigenvalue weighted by Gasteiger charge is 2.51. The number of carbonyl (C=O) groups excluding carboxylic acids is 6. The SMILES string of the molecule is CN[C@H](CC(C)C)C(=O)N[C@H]1C(=O)C[C@@H](CC(N)=O)C(=O)N[C@H]2C(=N)C[C@@H]3C(=O)C[C@H](C(=O)NCc4cc(O)cc(O)c4-c4cc3ccc4O)[C@H](O)c3ccc(c(Cl)c3)Oc3cc2cc(c3OC2OC(CO)C(O)[C@H](O)[C@H]2O[C@H]2CC(C)(N)[C@H](O)[C@H](C)O2)Oc2ccc(cc2Cl)[C@H]1O. The number of primary amides is 1. The van der Waals surface area contributed by atoms with Crippen LogP contribution in [0.2, 0.25) is 10.0 Å². The number of rotatable bonds is 12. The van der Waals surface area contributed by atoms with Crippen molar-refractivity contribution in [2.24, 2.45) is 29.2 Å². The van der Waals surface area contributed by atoms with Gasteiger partial charge < -0.3 is 113 Å². The number of aromatic hydroxyl groups is 3. The Bertz CT molecular complexity index is 3920. The molecule has 18 N–H and O–H groups in total. The number of carbonyl (C=O) groups is 6. The topological polar surface area (TPSA) is 464 Å². The molecule has 7 aliphatic heterocycles. The van der Waals surface area contributed by atoms with E-state index in [1.165, 1.54) is 86.8 Å². The first-order chi connectivity index (χ1) is 46.3. The zero-order valence-corrected chi connectivity index (χ0v) is 55.3. The molecule has 2 saturated heterocycles. The molecule has 0 spiro atoms. The van der Waals surface area contributed by atoms with Crippen LogP contribution in [-0.4, -0.2) is 167 Å². The Hall–Kier alpha value is -8.07. The third-order valence-electron chi connectivity index (χ3n) is 18.4. The van der Waals surface area contributed by atoms with Crippen LogP contribution in [0.3, 0.4) is 0 Å². The minimum absolute atomic E-state index is 0.0284. The molecule has 0 saturated carbocycles. The summed E-state index contributed by atoms with van der Waals surface area (Å²) in [5.74, 6) is -14.0. The number of fused-ring (bicyclic) bond motifs is 15. The third kappa shape index (κ3) is 15.5. The number of Topliss-reactive ketones (excluding diaryl/α,β-unsaturated/α-hetero) is 2. The van der Waals surface area contributed by atoms with Gasteiger partial charge in [-0.1, -0.05) is 55.2 Å². The minimum atomic E-state index is -1.96. The number of hydrogen-bond donors (Lipinski definition) is 16. The van der Waals surface area contributed by atoms with Crippen LogP contribution in [0.4, 0.5) is 0 Å². The van der Waals surface area contributed by atoms with Crippen LogP contribution in [0, 0.1) is 23.2 Å². The Morgan fingerprint density at radius 2 is 1.43 bits per heavy atom. The van der Waals surface area contributed by atoms with Gasteiger partial charge in [0.25, 0.3) is 0 Å². The molecule has 4 amide bonds. The molecule has 17 atom stereocenters. The fourth-order valence-corrected chi connectivity index (χ4v) is 13.5. The highest BCUT2D eigenvalue weighted by molar-refractivity contribution is 6.32. The maximum Gasteiger partial charge on any atom is 0.237 e. The maximum absolute atomic E-state index is 15.5. The van der Waals surface area contributed by atoms with E-state index in [0.29, 0.717) is 0 Å². The predicted octanol–water partition coefficient (Wildman–Crippen LogP) is 4.00. The van der Waals surface area contributed by atoms with Crippen LogP contribution >= 0.6 is 23.2 Å². The molecule has 7 heterocycles. The third-order valence-corrected chi connectivity index (χ3v) is 19.0. The standard InChI is InChI=1S/C68H79Cl2N7O21/c1-27(2)12-42(74-5)66(92)77-56-46(83)17-33(20-52(72)84)64(90)76-55-32-18-49(61(50(19-32)95-48-11-8-31(58(56)86)16-40(48)70)98-67-62(60(88)59(87)51(26-78)96-67)97-53-24-68(4,73)63(89)28(3)93-53)94-47-10-7-30(15-39(47)69)57(85)38-23-44(81)36(22-41(55)71)29-6-9-43(80)37(14-29)54-34(25-75-65(38)91)13-35(79)21-45(54)82/h6-11,13-16,18-19,21,27-28,33,36,38,42,51,53,55-60,62-63,67,71,74,78-80,82,85-89H,12,17,20,22-26,73H2,1-5H3,(H2,72,84)(H,75,91)(H,76,90)(H,77,92)/t28-,33-,36-,38-,42+,51?,53-,55+,56-,57+,58+,59?,60-,62+,63+,67?,68?/m0/s1. The van der Waals surface area contributed by atoms with E-state index >= 15 is 9.59 Å². The van der Waals surface area contributed by atoms with E-state index in [1.807, 2.05) is 13.8 Å². The lowest BCUT2D eigenvalue weighted by Crippen LogP contribution is -2.64. The Balaban J connectivity index is 1.23. The molecule has 11 bridgehead atoms. The molecule has 12 rings (SSSR count). The second-order valence-corrected chi connectivity index (χ2v) is 27.0. The number of phenolic OH excluding ortho intramolecular Hbond substituents is 3. The summed E-state index contributed by atoms with van der Waals surface area (Å²) in [5, 5.41) is 124. The van der Waals surface area contributed by atoms with Gasteiger partial charge in [-0.3, -0.25) is 28.8 Å². The quantitative estimate of drug-likeness (QED) is 0.0839. The number of ether oxygens (including phenoxy) is 6. The van der Waals surface area contributed by atoms with Crippen molar-refractivity contribution in [2.75, 3.05) is 13.7 Å². The number of benzene rings is 5. The first kappa shape index (κ1) is 72.7. The zero-order chi connectivity index (χ0) is 71.1. The molecule has 5 aromatic carbocycles. The first-order valence-electron chi connectivity index (χ1n) is 31.7. The molecule has 0 radical (unpaired) electrons. The van der Waals surface area contributed by atoms with Crippen molar-refractivity contribution < 1.29 is 103 Å². The first-order valence-corrected chi connectivity index (χ1v) is 32.5. The van der Waals surface area contributed by atoms with E-state index in [2.05, 4.69) is 21.3 Å². The van der Waals surface area contributed by atoms with Gasteiger partial charge in [0.15, 0.2) is 29.7 Å². The second kappa shape index (κ2) is 29.8. The van der Waals surface area contributed by atoms with Crippen molar-refractivity contribution in [3.05, 3.63) is 117 Å². The smallest absolute Gasteiger partial charge is 0.237 e. The molecule has 0 aliphatic carbocycles.